The van der Waals surface area contributed by atoms with Crippen LogP contribution in [0.25, 0.3) is 0 Å². The zero-order chi connectivity index (χ0) is 15.9. The fourth-order valence-corrected chi connectivity index (χ4v) is 2.93. The highest BCUT2D eigenvalue weighted by molar-refractivity contribution is 6.00. The first-order chi connectivity index (χ1) is 10.6. The van der Waals surface area contributed by atoms with Gasteiger partial charge in [0.05, 0.1) is 0 Å². The molecule has 1 aromatic rings. The highest BCUT2D eigenvalue weighted by Gasteiger charge is 2.24. The molecular formula is C18H22N2O2. The summed E-state index contributed by atoms with van der Waals surface area (Å²) in [5, 5.41) is 0. The lowest BCUT2D eigenvalue weighted by Crippen LogP contribution is -2.36. The second kappa shape index (κ2) is 7.65. The Labute approximate surface area is 131 Å². The molecule has 1 heterocycles. The Hall–Kier alpha value is -2.28. The molecule has 2 N–H and O–H groups in total. The molecule has 0 aromatic heterocycles. The molecule has 0 bridgehead atoms. The fraction of sp³-hybridized carbons (Fsp3) is 0.444. The highest BCUT2D eigenvalue weighted by atomic mass is 16.2. The summed E-state index contributed by atoms with van der Waals surface area (Å²) in [6.45, 7) is 0.707. The first kappa shape index (κ1) is 16.1. The molecule has 116 valence electrons. The standard InChI is InChI=1S/C18H22N2O2/c1-2-3-4-5-6-12-17(21)20-13-8-10-14-15(18(19)22)9-7-11-16(14)20/h1,7,9,11H,3-6,8,10,12-13H2,(H2,19,22). The van der Waals surface area contributed by atoms with Crippen molar-refractivity contribution in [3.63, 3.8) is 0 Å². The maximum atomic E-state index is 12.4. The molecule has 0 saturated heterocycles. The number of terminal acetylenes is 1. The normalized spacial score (nSPS) is 13.3. The van der Waals surface area contributed by atoms with E-state index in [0.717, 1.165) is 49.8 Å². The van der Waals surface area contributed by atoms with E-state index < -0.39 is 5.91 Å². The van der Waals surface area contributed by atoms with Gasteiger partial charge in [0, 0.05) is 30.6 Å². The van der Waals surface area contributed by atoms with E-state index in [0.29, 0.717) is 18.5 Å². The molecule has 2 rings (SSSR count). The van der Waals surface area contributed by atoms with Gasteiger partial charge in [0.15, 0.2) is 0 Å². The van der Waals surface area contributed by atoms with Crippen LogP contribution in [0.15, 0.2) is 18.2 Å². The van der Waals surface area contributed by atoms with Crippen LogP contribution in [-0.4, -0.2) is 18.4 Å². The van der Waals surface area contributed by atoms with Gasteiger partial charge in [-0.05, 0) is 43.4 Å². The van der Waals surface area contributed by atoms with Crippen LogP contribution < -0.4 is 10.6 Å². The number of rotatable bonds is 6. The zero-order valence-electron chi connectivity index (χ0n) is 12.8. The molecule has 4 heteroatoms. The van der Waals surface area contributed by atoms with Crippen molar-refractivity contribution in [1.29, 1.82) is 0 Å². The van der Waals surface area contributed by atoms with E-state index in [1.165, 1.54) is 0 Å². The van der Waals surface area contributed by atoms with Crippen LogP contribution >= 0.6 is 0 Å². The number of carbonyl (C=O) groups is 2. The highest BCUT2D eigenvalue weighted by Crippen LogP contribution is 2.30. The molecule has 1 aliphatic heterocycles. The minimum absolute atomic E-state index is 0.114. The monoisotopic (exact) mass is 298 g/mol. The van der Waals surface area contributed by atoms with Gasteiger partial charge < -0.3 is 10.6 Å². The van der Waals surface area contributed by atoms with Crippen LogP contribution in [-0.2, 0) is 11.2 Å². The Balaban J connectivity index is 2.06. The van der Waals surface area contributed by atoms with E-state index in [2.05, 4.69) is 5.92 Å². The summed E-state index contributed by atoms with van der Waals surface area (Å²) in [4.78, 5) is 25.8. The number of nitrogens with zero attached hydrogens (tertiary/aromatic N) is 1. The van der Waals surface area contributed by atoms with Gasteiger partial charge in [-0.3, -0.25) is 9.59 Å². The molecule has 0 radical (unpaired) electrons. The first-order valence-corrected chi connectivity index (χ1v) is 7.80. The summed E-state index contributed by atoms with van der Waals surface area (Å²) in [6, 6.07) is 5.42. The van der Waals surface area contributed by atoms with Gasteiger partial charge >= 0.3 is 0 Å². The smallest absolute Gasteiger partial charge is 0.249 e. The van der Waals surface area contributed by atoms with Gasteiger partial charge in [-0.25, -0.2) is 0 Å². The van der Waals surface area contributed by atoms with E-state index in [9.17, 15) is 9.59 Å². The molecule has 2 amide bonds. The zero-order valence-corrected chi connectivity index (χ0v) is 12.8. The van der Waals surface area contributed by atoms with Gasteiger partial charge in [-0.2, -0.15) is 0 Å². The van der Waals surface area contributed by atoms with E-state index in [4.69, 9.17) is 12.2 Å². The van der Waals surface area contributed by atoms with Crippen LogP contribution in [0.1, 0.15) is 54.4 Å². The van der Waals surface area contributed by atoms with Crippen LogP contribution in [0, 0.1) is 12.3 Å². The molecule has 0 aliphatic carbocycles. The Bertz CT molecular complexity index is 602. The molecule has 0 saturated carbocycles. The molecule has 1 aromatic carbocycles. The van der Waals surface area contributed by atoms with Crippen LogP contribution in [0.5, 0.6) is 0 Å². The lowest BCUT2D eigenvalue weighted by Gasteiger charge is -2.30. The summed E-state index contributed by atoms with van der Waals surface area (Å²) in [7, 11) is 0. The number of hydrogen-bond donors (Lipinski definition) is 1. The van der Waals surface area contributed by atoms with Crippen molar-refractivity contribution in [2.24, 2.45) is 5.73 Å². The summed E-state index contributed by atoms with van der Waals surface area (Å²) < 4.78 is 0. The average molecular weight is 298 g/mol. The van der Waals surface area contributed by atoms with Crippen molar-refractivity contribution in [3.8, 4) is 12.3 Å². The quantitative estimate of drug-likeness (QED) is 0.648. The van der Waals surface area contributed by atoms with E-state index in [-0.39, 0.29) is 5.91 Å². The number of primary amides is 1. The number of benzene rings is 1. The first-order valence-electron chi connectivity index (χ1n) is 7.80. The third-order valence-electron chi connectivity index (χ3n) is 4.03. The largest absolute Gasteiger partial charge is 0.366 e. The van der Waals surface area contributed by atoms with E-state index in [1.54, 1.807) is 17.0 Å². The molecule has 0 atom stereocenters. The Morgan fingerprint density at radius 1 is 1.27 bits per heavy atom. The summed E-state index contributed by atoms with van der Waals surface area (Å²) in [5.74, 6) is 2.29. The van der Waals surface area contributed by atoms with Gasteiger partial charge in [0.1, 0.15) is 0 Å². The predicted octanol–water partition coefficient (Wildman–Crippen LogP) is 2.65. The van der Waals surface area contributed by atoms with Crippen LogP contribution in [0.4, 0.5) is 5.69 Å². The van der Waals surface area contributed by atoms with Crippen LogP contribution in [0.2, 0.25) is 0 Å². The maximum absolute atomic E-state index is 12.4. The van der Waals surface area contributed by atoms with Gasteiger partial charge in [-0.1, -0.05) is 12.5 Å². The SMILES string of the molecule is C#CCCCCCC(=O)N1CCCc2c(C(N)=O)cccc21. The number of carbonyl (C=O) groups excluding carboxylic acids is 2. The topological polar surface area (TPSA) is 63.4 Å². The van der Waals surface area contributed by atoms with Crippen molar-refractivity contribution < 1.29 is 9.59 Å². The third-order valence-corrected chi connectivity index (χ3v) is 4.03. The number of unbranched alkanes of at least 4 members (excludes halogenated alkanes) is 3. The number of anilines is 1. The molecule has 22 heavy (non-hydrogen) atoms. The average Bonchev–Trinajstić information content (AvgIpc) is 2.53. The van der Waals surface area contributed by atoms with Gasteiger partial charge in [0.2, 0.25) is 11.8 Å². The van der Waals surface area contributed by atoms with Gasteiger partial charge in [-0.15, -0.1) is 12.3 Å². The van der Waals surface area contributed by atoms with Crippen LogP contribution in [0.3, 0.4) is 0 Å². The predicted molar refractivity (Wildman–Crippen MR) is 87.6 cm³/mol. The lowest BCUT2D eigenvalue weighted by atomic mass is 9.95. The second-order valence-corrected chi connectivity index (χ2v) is 5.58. The van der Waals surface area contributed by atoms with Crippen molar-refractivity contribution in [2.45, 2.75) is 44.9 Å². The Kier molecular flexibility index (Phi) is 5.60. The van der Waals surface area contributed by atoms with Crippen molar-refractivity contribution in [2.75, 3.05) is 11.4 Å². The number of hydrogen-bond acceptors (Lipinski definition) is 2. The van der Waals surface area contributed by atoms with Crippen molar-refractivity contribution in [1.82, 2.24) is 0 Å². The summed E-state index contributed by atoms with van der Waals surface area (Å²) in [5.41, 5.74) is 7.71. The van der Waals surface area contributed by atoms with E-state index in [1.807, 2.05) is 6.07 Å². The minimum Gasteiger partial charge on any atom is -0.366 e. The summed E-state index contributed by atoms with van der Waals surface area (Å²) in [6.07, 6.45) is 10.9. The molecular weight excluding hydrogens is 276 g/mol. The second-order valence-electron chi connectivity index (χ2n) is 5.58. The number of amides is 2. The molecule has 4 nitrogen and oxygen atoms in total. The lowest BCUT2D eigenvalue weighted by molar-refractivity contribution is -0.118. The maximum Gasteiger partial charge on any atom is 0.249 e. The number of fused-ring (bicyclic) bond motifs is 1. The minimum atomic E-state index is -0.430. The summed E-state index contributed by atoms with van der Waals surface area (Å²) >= 11 is 0. The third kappa shape index (κ3) is 3.67. The Morgan fingerprint density at radius 2 is 2.09 bits per heavy atom. The molecule has 0 fully saturated rings. The molecule has 0 unspecified atom stereocenters. The fourth-order valence-electron chi connectivity index (χ4n) is 2.93. The van der Waals surface area contributed by atoms with E-state index >= 15 is 0 Å². The Morgan fingerprint density at radius 3 is 2.82 bits per heavy atom. The molecule has 1 aliphatic rings. The molecule has 0 spiro atoms. The van der Waals surface area contributed by atoms with Crippen molar-refractivity contribution >= 4 is 17.5 Å². The number of nitrogens with two attached hydrogens (primary N) is 1. The van der Waals surface area contributed by atoms with Crippen molar-refractivity contribution in [3.05, 3.63) is 29.3 Å². The van der Waals surface area contributed by atoms with Gasteiger partial charge in [0.25, 0.3) is 0 Å².